The number of piperidine rings is 2. The van der Waals surface area contributed by atoms with Crippen molar-refractivity contribution in [3.05, 3.63) is 28.7 Å². The van der Waals surface area contributed by atoms with Crippen LogP contribution in [0, 0.1) is 5.92 Å². The molecule has 3 fully saturated rings. The molecule has 4 heterocycles. The zero-order valence-corrected chi connectivity index (χ0v) is 18.7. The molecule has 1 aromatic carbocycles. The molecule has 0 radical (unpaired) electrons. The van der Waals surface area contributed by atoms with Crippen LogP contribution in [-0.4, -0.2) is 69.1 Å². The van der Waals surface area contributed by atoms with Gasteiger partial charge in [0, 0.05) is 39.0 Å². The lowest BCUT2D eigenvalue weighted by Gasteiger charge is -2.48. The first-order valence-electron chi connectivity index (χ1n) is 11.6. The lowest BCUT2D eigenvalue weighted by atomic mass is 9.91. The molecule has 3 aliphatic rings. The number of hydrogen-bond acceptors (Lipinski definition) is 6. The summed E-state index contributed by atoms with van der Waals surface area (Å²) in [5.74, 6) is -1.18. The van der Waals surface area contributed by atoms with E-state index in [1.165, 1.54) is 4.57 Å². The quantitative estimate of drug-likeness (QED) is 0.637. The fraction of sp³-hybridized carbons (Fsp3) is 0.565. The Bertz CT molecular complexity index is 1170. The number of carboxylic acid groups (broad SMARTS) is 1. The maximum absolute atomic E-state index is 13.1. The van der Waals surface area contributed by atoms with E-state index in [4.69, 9.17) is 5.11 Å². The molecule has 176 valence electrons. The van der Waals surface area contributed by atoms with Crippen LogP contribution in [0.1, 0.15) is 38.1 Å². The van der Waals surface area contributed by atoms with E-state index in [1.807, 2.05) is 18.2 Å². The van der Waals surface area contributed by atoms with Crippen molar-refractivity contribution in [3.63, 3.8) is 0 Å². The highest BCUT2D eigenvalue weighted by atomic mass is 16.4. The molecule has 1 aromatic heterocycles. The second-order valence-electron chi connectivity index (χ2n) is 9.46. The number of imide groups is 1. The van der Waals surface area contributed by atoms with Gasteiger partial charge in [-0.05, 0) is 50.4 Å². The molecule has 0 bridgehead atoms. The summed E-state index contributed by atoms with van der Waals surface area (Å²) in [5.41, 5.74) is 2.21. The smallest absolute Gasteiger partial charge is 0.329 e. The molecule has 1 unspecified atom stereocenters. The summed E-state index contributed by atoms with van der Waals surface area (Å²) in [5, 5.41) is 11.4. The third-order valence-electron chi connectivity index (χ3n) is 7.43. The van der Waals surface area contributed by atoms with Gasteiger partial charge in [-0.1, -0.05) is 6.07 Å². The number of fused-ring (bicyclic) bond motifs is 1. The van der Waals surface area contributed by atoms with Gasteiger partial charge in [0.05, 0.1) is 16.7 Å². The van der Waals surface area contributed by atoms with E-state index in [9.17, 15) is 19.2 Å². The third-order valence-corrected chi connectivity index (χ3v) is 7.43. The van der Waals surface area contributed by atoms with E-state index in [-0.39, 0.29) is 30.4 Å². The number of rotatable bonds is 5. The number of nitrogens with zero attached hydrogens (tertiary/aromatic N) is 4. The molecule has 33 heavy (non-hydrogen) atoms. The molecule has 0 aliphatic carbocycles. The van der Waals surface area contributed by atoms with Crippen molar-refractivity contribution >= 4 is 34.5 Å². The minimum Gasteiger partial charge on any atom is -0.481 e. The van der Waals surface area contributed by atoms with Crippen LogP contribution in [0.25, 0.3) is 11.0 Å². The number of carbonyl (C=O) groups excluding carboxylic acids is 2. The van der Waals surface area contributed by atoms with Crippen molar-refractivity contribution in [2.45, 2.75) is 44.2 Å². The molecule has 0 spiro atoms. The highest BCUT2D eigenvalue weighted by molar-refractivity contribution is 6.00. The molecule has 10 nitrogen and oxygen atoms in total. The summed E-state index contributed by atoms with van der Waals surface area (Å²) in [7, 11) is 1.72. The Kier molecular flexibility index (Phi) is 5.48. The molecule has 3 aliphatic heterocycles. The van der Waals surface area contributed by atoms with Gasteiger partial charge in [-0.15, -0.1) is 0 Å². The van der Waals surface area contributed by atoms with Crippen LogP contribution in [-0.2, 0) is 21.4 Å². The lowest BCUT2D eigenvalue weighted by Crippen LogP contribution is -2.61. The van der Waals surface area contributed by atoms with Crippen LogP contribution in [0.2, 0.25) is 0 Å². The number of nitrogens with one attached hydrogen (secondary N) is 1. The average Bonchev–Trinajstić information content (AvgIpc) is 2.99. The van der Waals surface area contributed by atoms with Crippen molar-refractivity contribution < 1.29 is 19.5 Å². The maximum Gasteiger partial charge on any atom is 0.329 e. The topological polar surface area (TPSA) is 117 Å². The minimum atomic E-state index is -0.716. The molecular formula is C23H29N5O5. The number of anilines is 1. The number of aromatic nitrogens is 2. The van der Waals surface area contributed by atoms with Crippen molar-refractivity contribution in [3.8, 4) is 0 Å². The lowest BCUT2D eigenvalue weighted by molar-refractivity contribution is -0.139. The number of benzene rings is 1. The minimum absolute atomic E-state index is 0.218. The van der Waals surface area contributed by atoms with Crippen molar-refractivity contribution in [2.75, 3.05) is 31.1 Å². The Hall–Kier alpha value is -3.14. The molecule has 0 saturated carbocycles. The summed E-state index contributed by atoms with van der Waals surface area (Å²) >= 11 is 0. The van der Waals surface area contributed by atoms with E-state index >= 15 is 0 Å². The van der Waals surface area contributed by atoms with Gasteiger partial charge in [-0.2, -0.15) is 0 Å². The summed E-state index contributed by atoms with van der Waals surface area (Å²) in [6.07, 6.45) is 2.63. The Labute approximate surface area is 190 Å². The van der Waals surface area contributed by atoms with Gasteiger partial charge in [0.2, 0.25) is 11.8 Å². The van der Waals surface area contributed by atoms with Gasteiger partial charge < -0.3 is 10.0 Å². The molecule has 3 saturated heterocycles. The molecular weight excluding hydrogens is 426 g/mol. The van der Waals surface area contributed by atoms with Gasteiger partial charge in [0.1, 0.15) is 6.04 Å². The maximum atomic E-state index is 13.1. The van der Waals surface area contributed by atoms with Crippen LogP contribution in [0.3, 0.4) is 0 Å². The van der Waals surface area contributed by atoms with E-state index < -0.39 is 17.9 Å². The van der Waals surface area contributed by atoms with Gasteiger partial charge in [0.15, 0.2) is 0 Å². The average molecular weight is 456 g/mol. The number of imidazole rings is 1. The van der Waals surface area contributed by atoms with Gasteiger partial charge in [-0.25, -0.2) is 4.79 Å². The second kappa shape index (κ2) is 8.33. The first kappa shape index (κ1) is 21.7. The molecule has 1 atom stereocenters. The fourth-order valence-electron chi connectivity index (χ4n) is 5.55. The number of likely N-dealkylation sites (tertiary alicyclic amines) is 1. The van der Waals surface area contributed by atoms with Crippen LogP contribution in [0.15, 0.2) is 23.0 Å². The zero-order valence-electron chi connectivity index (χ0n) is 18.7. The predicted molar refractivity (Wildman–Crippen MR) is 121 cm³/mol. The van der Waals surface area contributed by atoms with Gasteiger partial charge in [0.25, 0.3) is 0 Å². The first-order valence-corrected chi connectivity index (χ1v) is 11.6. The Morgan fingerprint density at radius 1 is 1.12 bits per heavy atom. The number of amides is 2. The number of aliphatic carboxylic acids is 1. The highest BCUT2D eigenvalue weighted by Gasteiger charge is 2.37. The summed E-state index contributed by atoms with van der Waals surface area (Å²) in [6.45, 7) is 3.54. The zero-order chi connectivity index (χ0) is 23.3. The molecule has 10 heteroatoms. The highest BCUT2D eigenvalue weighted by Crippen LogP contribution is 2.34. The van der Waals surface area contributed by atoms with Crippen LogP contribution < -0.4 is 15.9 Å². The van der Waals surface area contributed by atoms with Crippen LogP contribution in [0.4, 0.5) is 5.69 Å². The first-order chi connectivity index (χ1) is 15.8. The van der Waals surface area contributed by atoms with E-state index in [2.05, 4.69) is 15.1 Å². The van der Waals surface area contributed by atoms with Gasteiger partial charge >= 0.3 is 11.7 Å². The van der Waals surface area contributed by atoms with E-state index in [0.717, 1.165) is 50.2 Å². The van der Waals surface area contributed by atoms with Crippen molar-refractivity contribution in [2.24, 2.45) is 13.0 Å². The molecule has 2 aromatic rings. The second-order valence-corrected chi connectivity index (χ2v) is 9.46. The SMILES string of the molecule is Cn1c(=O)n(C2CCC(=O)NC2=O)c2cccc(N3CC(N4CCC(CC(=O)O)CC4)C3)c21. The van der Waals surface area contributed by atoms with Crippen molar-refractivity contribution in [1.29, 1.82) is 0 Å². The summed E-state index contributed by atoms with van der Waals surface area (Å²) in [6, 6.07) is 5.50. The fourth-order valence-corrected chi connectivity index (χ4v) is 5.55. The standard InChI is InChI=1S/C23H29N5O5/c1-25-21-16(27-12-15(13-27)26-9-7-14(8-10-26)11-20(30)31)3-2-4-17(21)28(23(25)33)18-5-6-19(29)24-22(18)32/h2-4,14-15,18H,5-13H2,1H3,(H,30,31)(H,24,29,32). The number of carbonyl (C=O) groups is 3. The monoisotopic (exact) mass is 455 g/mol. The number of carboxylic acids is 1. The Balaban J connectivity index is 1.34. The Morgan fingerprint density at radius 2 is 1.85 bits per heavy atom. The van der Waals surface area contributed by atoms with Gasteiger partial charge in [-0.3, -0.25) is 33.7 Å². The largest absolute Gasteiger partial charge is 0.481 e. The molecule has 5 rings (SSSR count). The molecule has 2 N–H and O–H groups in total. The normalized spacial score (nSPS) is 23.1. The van der Waals surface area contributed by atoms with Crippen LogP contribution in [0.5, 0.6) is 0 Å². The summed E-state index contributed by atoms with van der Waals surface area (Å²) < 4.78 is 3.12. The number of aryl methyl sites for hydroxylation is 1. The predicted octanol–water partition coefficient (Wildman–Crippen LogP) is 0.693. The third kappa shape index (κ3) is 3.82. The summed E-state index contributed by atoms with van der Waals surface area (Å²) in [4.78, 5) is 52.8. The van der Waals surface area contributed by atoms with E-state index in [1.54, 1.807) is 11.6 Å². The number of para-hydroxylation sites is 1. The van der Waals surface area contributed by atoms with Crippen molar-refractivity contribution in [1.82, 2.24) is 19.4 Å². The Morgan fingerprint density at radius 3 is 2.52 bits per heavy atom. The van der Waals surface area contributed by atoms with Crippen LogP contribution >= 0.6 is 0 Å². The van der Waals surface area contributed by atoms with E-state index in [0.29, 0.717) is 18.0 Å². The molecule has 2 amide bonds. The number of hydrogen-bond donors (Lipinski definition) is 2.